The number of rotatable bonds is 6. The Morgan fingerprint density at radius 3 is 2.93 bits per heavy atom. The molecule has 0 radical (unpaired) electrons. The summed E-state index contributed by atoms with van der Waals surface area (Å²) in [6, 6.07) is -0.132. The number of carboxylic acid groups (broad SMARTS) is 1. The average Bonchev–Trinajstić information content (AvgIpc) is 2.58. The van der Waals surface area contributed by atoms with Crippen molar-refractivity contribution in [2.24, 2.45) is 0 Å². The Hall–Kier alpha value is -0.650. The van der Waals surface area contributed by atoms with Crippen LogP contribution in [0, 0.1) is 0 Å². The molecule has 88 valence electrons. The highest BCUT2D eigenvalue weighted by Crippen LogP contribution is 2.13. The summed E-state index contributed by atoms with van der Waals surface area (Å²) < 4.78 is 4.85. The van der Waals surface area contributed by atoms with Gasteiger partial charge in [0.25, 0.3) is 0 Å². The van der Waals surface area contributed by atoms with E-state index in [9.17, 15) is 4.79 Å². The summed E-state index contributed by atoms with van der Waals surface area (Å²) in [4.78, 5) is 13.1. The van der Waals surface area contributed by atoms with Crippen molar-refractivity contribution < 1.29 is 14.6 Å². The first-order chi connectivity index (χ1) is 7.15. The summed E-state index contributed by atoms with van der Waals surface area (Å²) in [5.74, 6) is -0.850. The lowest BCUT2D eigenvalue weighted by atomic mass is 10.2. The molecule has 15 heavy (non-hydrogen) atoms. The van der Waals surface area contributed by atoms with Gasteiger partial charge in [0.15, 0.2) is 0 Å². The summed E-state index contributed by atoms with van der Waals surface area (Å²) in [5.41, 5.74) is 0. The van der Waals surface area contributed by atoms with Gasteiger partial charge in [0, 0.05) is 19.7 Å². The van der Waals surface area contributed by atoms with E-state index in [0.29, 0.717) is 6.04 Å². The zero-order valence-corrected chi connectivity index (χ0v) is 9.40. The molecule has 0 aromatic heterocycles. The molecular weight excluding hydrogens is 196 g/mol. The van der Waals surface area contributed by atoms with Crippen molar-refractivity contribution in [1.29, 1.82) is 0 Å². The van der Waals surface area contributed by atoms with Gasteiger partial charge >= 0.3 is 5.97 Å². The van der Waals surface area contributed by atoms with Gasteiger partial charge in [-0.25, -0.2) is 0 Å². The summed E-state index contributed by atoms with van der Waals surface area (Å²) in [6.45, 7) is 2.04. The van der Waals surface area contributed by atoms with Crippen LogP contribution in [0.3, 0.4) is 0 Å². The van der Waals surface area contributed by atoms with E-state index in [1.165, 1.54) is 13.5 Å². The minimum absolute atomic E-state index is 0.214. The van der Waals surface area contributed by atoms with Crippen LogP contribution >= 0.6 is 0 Å². The molecule has 0 saturated carbocycles. The first kappa shape index (κ1) is 12.4. The number of ether oxygens (including phenoxy) is 1. The Morgan fingerprint density at radius 2 is 2.47 bits per heavy atom. The maximum absolute atomic E-state index is 10.8. The SMILES string of the molecule is COCC(NCC1CCCN1C)C(=O)O. The Morgan fingerprint density at radius 1 is 1.73 bits per heavy atom. The van der Waals surface area contributed by atoms with E-state index < -0.39 is 12.0 Å². The number of hydrogen-bond donors (Lipinski definition) is 2. The smallest absolute Gasteiger partial charge is 0.323 e. The molecule has 5 nitrogen and oxygen atoms in total. The van der Waals surface area contributed by atoms with Gasteiger partial charge in [0.05, 0.1) is 6.61 Å². The normalized spacial score (nSPS) is 24.3. The number of aliphatic carboxylic acids is 1. The number of likely N-dealkylation sites (tertiary alicyclic amines) is 1. The standard InChI is InChI=1S/C10H20N2O3/c1-12-5-3-4-8(12)6-11-9(7-15-2)10(13)14/h8-9,11H,3-7H2,1-2H3,(H,13,14). The second kappa shape index (κ2) is 6.05. The minimum Gasteiger partial charge on any atom is -0.480 e. The van der Waals surface area contributed by atoms with E-state index in [1.807, 2.05) is 0 Å². The molecule has 1 rings (SSSR count). The molecule has 0 bridgehead atoms. The van der Waals surface area contributed by atoms with E-state index in [0.717, 1.165) is 19.5 Å². The predicted octanol–water partition coefficient (Wildman–Crippen LogP) is -0.230. The highest BCUT2D eigenvalue weighted by Gasteiger charge is 2.23. The zero-order valence-electron chi connectivity index (χ0n) is 9.40. The van der Waals surface area contributed by atoms with Crippen molar-refractivity contribution in [3.05, 3.63) is 0 Å². The molecule has 2 atom stereocenters. The Bertz CT molecular complexity index is 211. The third-order valence-corrected chi connectivity index (χ3v) is 2.90. The molecule has 0 spiro atoms. The number of nitrogens with zero attached hydrogens (tertiary/aromatic N) is 1. The molecule has 0 aromatic carbocycles. The molecule has 1 saturated heterocycles. The number of nitrogens with one attached hydrogen (secondary N) is 1. The predicted molar refractivity (Wildman–Crippen MR) is 57.0 cm³/mol. The van der Waals surface area contributed by atoms with Gasteiger partial charge in [-0.3, -0.25) is 4.79 Å². The third-order valence-electron chi connectivity index (χ3n) is 2.90. The van der Waals surface area contributed by atoms with E-state index in [4.69, 9.17) is 9.84 Å². The Labute approximate surface area is 90.4 Å². The van der Waals surface area contributed by atoms with Gasteiger partial charge in [0.2, 0.25) is 0 Å². The molecule has 2 unspecified atom stereocenters. The van der Waals surface area contributed by atoms with Gasteiger partial charge in [-0.05, 0) is 26.4 Å². The molecule has 2 N–H and O–H groups in total. The van der Waals surface area contributed by atoms with Gasteiger partial charge in [0.1, 0.15) is 6.04 Å². The number of carboxylic acids is 1. The van der Waals surface area contributed by atoms with Crippen LogP contribution in [0.4, 0.5) is 0 Å². The maximum Gasteiger partial charge on any atom is 0.323 e. The maximum atomic E-state index is 10.8. The molecule has 1 aliphatic rings. The van der Waals surface area contributed by atoms with E-state index in [1.54, 1.807) is 0 Å². The molecule has 1 fully saturated rings. The highest BCUT2D eigenvalue weighted by atomic mass is 16.5. The quantitative estimate of drug-likeness (QED) is 0.642. The van der Waals surface area contributed by atoms with Crippen LogP contribution in [0.15, 0.2) is 0 Å². The van der Waals surface area contributed by atoms with Gasteiger partial charge < -0.3 is 20.1 Å². The second-order valence-electron chi connectivity index (χ2n) is 4.03. The lowest BCUT2D eigenvalue weighted by molar-refractivity contribution is -0.140. The fourth-order valence-electron chi connectivity index (χ4n) is 1.90. The summed E-state index contributed by atoms with van der Waals surface area (Å²) >= 11 is 0. The van der Waals surface area contributed by atoms with Crippen LogP contribution in [0.5, 0.6) is 0 Å². The van der Waals surface area contributed by atoms with E-state index in [-0.39, 0.29) is 6.61 Å². The van der Waals surface area contributed by atoms with E-state index >= 15 is 0 Å². The molecule has 0 amide bonds. The third kappa shape index (κ3) is 3.77. The van der Waals surface area contributed by atoms with Crippen LogP contribution in [0.2, 0.25) is 0 Å². The lowest BCUT2D eigenvalue weighted by Gasteiger charge is -2.22. The van der Waals surface area contributed by atoms with Gasteiger partial charge in [-0.1, -0.05) is 0 Å². The molecular formula is C10H20N2O3. The van der Waals surface area contributed by atoms with Crippen molar-refractivity contribution in [2.75, 3.05) is 33.9 Å². The summed E-state index contributed by atoms with van der Waals surface area (Å²) in [6.07, 6.45) is 2.34. The summed E-state index contributed by atoms with van der Waals surface area (Å²) in [5, 5.41) is 11.9. The highest BCUT2D eigenvalue weighted by molar-refractivity contribution is 5.73. The Kier molecular flexibility index (Phi) is 5.01. The molecule has 0 aliphatic carbocycles. The monoisotopic (exact) mass is 216 g/mol. The first-order valence-corrected chi connectivity index (χ1v) is 5.30. The number of likely N-dealkylation sites (N-methyl/N-ethyl adjacent to an activating group) is 1. The van der Waals surface area contributed by atoms with Crippen LogP contribution in [0.25, 0.3) is 0 Å². The number of methoxy groups -OCH3 is 1. The first-order valence-electron chi connectivity index (χ1n) is 5.30. The van der Waals surface area contributed by atoms with Gasteiger partial charge in [-0.15, -0.1) is 0 Å². The molecule has 1 heterocycles. The van der Waals surface area contributed by atoms with Crippen LogP contribution in [-0.2, 0) is 9.53 Å². The van der Waals surface area contributed by atoms with E-state index in [2.05, 4.69) is 17.3 Å². The van der Waals surface area contributed by atoms with Gasteiger partial charge in [-0.2, -0.15) is 0 Å². The number of carbonyl (C=O) groups is 1. The van der Waals surface area contributed by atoms with Crippen molar-refractivity contribution in [3.63, 3.8) is 0 Å². The fourth-order valence-corrected chi connectivity index (χ4v) is 1.90. The molecule has 0 aromatic rings. The van der Waals surface area contributed by atoms with Crippen molar-refractivity contribution in [3.8, 4) is 0 Å². The number of hydrogen-bond acceptors (Lipinski definition) is 4. The topological polar surface area (TPSA) is 61.8 Å². The summed E-state index contributed by atoms with van der Waals surface area (Å²) in [7, 11) is 3.59. The zero-order chi connectivity index (χ0) is 11.3. The van der Waals surface area contributed by atoms with Crippen LogP contribution in [0.1, 0.15) is 12.8 Å². The largest absolute Gasteiger partial charge is 0.480 e. The molecule has 1 aliphatic heterocycles. The van der Waals surface area contributed by atoms with Crippen molar-refractivity contribution in [1.82, 2.24) is 10.2 Å². The Balaban J connectivity index is 2.29. The fraction of sp³-hybridized carbons (Fsp3) is 0.900. The average molecular weight is 216 g/mol. The van der Waals surface area contributed by atoms with Crippen LogP contribution in [-0.4, -0.2) is 61.9 Å². The lowest BCUT2D eigenvalue weighted by Crippen LogP contribution is -2.46. The minimum atomic E-state index is -0.850. The second-order valence-corrected chi connectivity index (χ2v) is 4.03. The van der Waals surface area contributed by atoms with Crippen molar-refractivity contribution >= 4 is 5.97 Å². The molecule has 5 heteroatoms. The van der Waals surface area contributed by atoms with Crippen LogP contribution < -0.4 is 5.32 Å². The van der Waals surface area contributed by atoms with Crippen molar-refractivity contribution in [2.45, 2.75) is 24.9 Å².